The molecule has 2 heterocycles. The Labute approximate surface area is 163 Å². The smallest absolute Gasteiger partial charge is 0.118 e. The molecule has 0 radical (unpaired) electrons. The van der Waals surface area contributed by atoms with E-state index >= 15 is 0 Å². The van der Waals surface area contributed by atoms with Gasteiger partial charge in [0, 0.05) is 35.3 Å². The average Bonchev–Trinajstić information content (AvgIpc) is 2.93. The van der Waals surface area contributed by atoms with Gasteiger partial charge in [-0.2, -0.15) is 0 Å². The van der Waals surface area contributed by atoms with Gasteiger partial charge in [-0.15, -0.1) is 0 Å². The topological polar surface area (TPSA) is 50.9 Å². The molecule has 0 amide bonds. The van der Waals surface area contributed by atoms with Crippen LogP contribution in [0.4, 0.5) is 0 Å². The second-order valence-corrected chi connectivity index (χ2v) is 7.91. The van der Waals surface area contributed by atoms with Crippen LogP contribution in [0.15, 0.2) is 52.6 Å². The maximum Gasteiger partial charge on any atom is 0.118 e. The predicted molar refractivity (Wildman–Crippen MR) is 106 cm³/mol. The van der Waals surface area contributed by atoms with E-state index < -0.39 is 0 Å². The van der Waals surface area contributed by atoms with E-state index in [4.69, 9.17) is 16.6 Å². The van der Waals surface area contributed by atoms with Crippen molar-refractivity contribution in [2.45, 2.75) is 49.6 Å². The van der Waals surface area contributed by atoms with E-state index in [2.05, 4.69) is 30.3 Å². The summed E-state index contributed by atoms with van der Waals surface area (Å²) in [5.41, 5.74) is 2.25. The molecule has 0 saturated carbocycles. The Morgan fingerprint density at radius 3 is 2.54 bits per heavy atom. The molecule has 3 rings (SSSR count). The number of phenols is 1. The minimum atomic E-state index is 0.169. The first-order valence-electron chi connectivity index (χ1n) is 8.63. The summed E-state index contributed by atoms with van der Waals surface area (Å²) in [6, 6.07) is 9.19. The molecule has 1 N–H and O–H groups in total. The third-order valence-corrected chi connectivity index (χ3v) is 5.36. The Hall–Kier alpha value is -1.98. The number of hydrogen-bond acceptors (Lipinski definition) is 4. The van der Waals surface area contributed by atoms with Crippen molar-refractivity contribution in [3.05, 3.63) is 64.8 Å². The van der Waals surface area contributed by atoms with Gasteiger partial charge in [-0.05, 0) is 41.8 Å². The highest BCUT2D eigenvalue weighted by Gasteiger charge is 2.20. The van der Waals surface area contributed by atoms with Gasteiger partial charge in [-0.3, -0.25) is 4.98 Å². The molecule has 2 aromatic heterocycles. The Bertz CT molecular complexity index is 873. The molecular formula is C20H22ClN3OS. The quantitative estimate of drug-likeness (QED) is 0.604. The van der Waals surface area contributed by atoms with Crippen LogP contribution in [0.1, 0.15) is 43.8 Å². The van der Waals surface area contributed by atoms with Crippen molar-refractivity contribution < 1.29 is 5.11 Å². The van der Waals surface area contributed by atoms with Crippen LogP contribution in [0.3, 0.4) is 0 Å². The van der Waals surface area contributed by atoms with Gasteiger partial charge in [0.1, 0.15) is 16.6 Å². The van der Waals surface area contributed by atoms with Crippen LogP contribution >= 0.6 is 23.4 Å². The minimum absolute atomic E-state index is 0.169. The van der Waals surface area contributed by atoms with Gasteiger partial charge in [0.25, 0.3) is 0 Å². The first-order chi connectivity index (χ1) is 12.5. The van der Waals surface area contributed by atoms with Gasteiger partial charge in [0.15, 0.2) is 0 Å². The maximum absolute atomic E-state index is 9.88. The zero-order chi connectivity index (χ0) is 18.7. The number of hydrogen-bond donors (Lipinski definition) is 1. The van der Waals surface area contributed by atoms with Crippen LogP contribution in [0, 0.1) is 0 Å². The van der Waals surface area contributed by atoms with Crippen molar-refractivity contribution in [2.24, 2.45) is 0 Å². The van der Waals surface area contributed by atoms with E-state index in [-0.39, 0.29) is 5.75 Å². The molecule has 0 fully saturated rings. The number of aryl methyl sites for hydroxylation is 1. The number of phenolic OH excluding ortho intramolecular Hbond substituents is 1. The number of aromatic hydroxyl groups is 1. The molecule has 0 atom stereocenters. The summed E-state index contributed by atoms with van der Waals surface area (Å²) in [4.78, 5) is 9.89. The van der Waals surface area contributed by atoms with Gasteiger partial charge in [-0.25, -0.2) is 4.98 Å². The minimum Gasteiger partial charge on any atom is -0.508 e. The highest BCUT2D eigenvalue weighted by atomic mass is 35.5. The van der Waals surface area contributed by atoms with Crippen LogP contribution in [0.25, 0.3) is 0 Å². The van der Waals surface area contributed by atoms with Crippen molar-refractivity contribution in [1.29, 1.82) is 0 Å². The molecule has 0 aliphatic heterocycles. The molecule has 0 aliphatic rings. The lowest BCUT2D eigenvalue weighted by Gasteiger charge is -2.13. The molecule has 6 heteroatoms. The Kier molecular flexibility index (Phi) is 5.89. The summed E-state index contributed by atoms with van der Waals surface area (Å²) in [5.74, 6) is 1.52. The molecule has 4 nitrogen and oxygen atoms in total. The zero-order valence-corrected chi connectivity index (χ0v) is 16.7. The molecule has 1 aromatic carbocycles. The van der Waals surface area contributed by atoms with Crippen molar-refractivity contribution in [1.82, 2.24) is 14.5 Å². The van der Waals surface area contributed by atoms with E-state index in [0.717, 1.165) is 34.4 Å². The van der Waals surface area contributed by atoms with Gasteiger partial charge in [0.05, 0.1) is 5.69 Å². The number of halogens is 1. The third-order valence-electron chi connectivity index (χ3n) is 4.05. The van der Waals surface area contributed by atoms with E-state index in [0.29, 0.717) is 10.9 Å². The van der Waals surface area contributed by atoms with Gasteiger partial charge in [-0.1, -0.05) is 44.1 Å². The molecule has 3 aromatic rings. The second-order valence-electron chi connectivity index (χ2n) is 6.42. The van der Waals surface area contributed by atoms with E-state index in [1.165, 1.54) is 5.56 Å². The monoisotopic (exact) mass is 387 g/mol. The first-order valence-corrected chi connectivity index (χ1v) is 9.83. The van der Waals surface area contributed by atoms with Gasteiger partial charge in [0.2, 0.25) is 0 Å². The Morgan fingerprint density at radius 1 is 1.19 bits per heavy atom. The van der Waals surface area contributed by atoms with E-state index in [1.54, 1.807) is 23.9 Å². The van der Waals surface area contributed by atoms with E-state index in [9.17, 15) is 5.11 Å². The van der Waals surface area contributed by atoms with Crippen LogP contribution in [-0.4, -0.2) is 19.6 Å². The molecule has 0 aliphatic carbocycles. The third kappa shape index (κ3) is 4.22. The molecular weight excluding hydrogens is 366 g/mol. The van der Waals surface area contributed by atoms with Crippen LogP contribution < -0.4 is 0 Å². The summed E-state index contributed by atoms with van der Waals surface area (Å²) in [7, 11) is 0. The summed E-state index contributed by atoms with van der Waals surface area (Å²) in [5, 5.41) is 11.5. The van der Waals surface area contributed by atoms with E-state index in [1.807, 2.05) is 30.6 Å². The summed E-state index contributed by atoms with van der Waals surface area (Å²) < 4.78 is 2.26. The lowest BCUT2D eigenvalue weighted by molar-refractivity contribution is 0.474. The lowest BCUT2D eigenvalue weighted by atomic mass is 10.1. The molecule has 136 valence electrons. The summed E-state index contributed by atoms with van der Waals surface area (Å²) in [6.45, 7) is 7.16. The molecule has 0 bridgehead atoms. The van der Waals surface area contributed by atoms with Crippen molar-refractivity contribution in [3.63, 3.8) is 0 Å². The number of benzene rings is 1. The summed E-state index contributed by atoms with van der Waals surface area (Å²) in [6.07, 6.45) is 4.47. The number of pyridine rings is 1. The summed E-state index contributed by atoms with van der Waals surface area (Å²) >= 11 is 7.71. The SMILES string of the molecule is CCc1nc(C(C)C)c(Sc2cc(O)cc(Cl)c2)n1Cc1ccncc1. The standard InChI is InChI=1S/C20H22ClN3OS/c1-4-18-23-19(13(2)3)20(24(18)12-14-5-7-22-8-6-14)26-17-10-15(21)9-16(25)11-17/h5-11,13,25H,4,12H2,1-3H3. The van der Waals surface area contributed by atoms with Crippen LogP contribution in [-0.2, 0) is 13.0 Å². The Morgan fingerprint density at radius 2 is 1.92 bits per heavy atom. The lowest BCUT2D eigenvalue weighted by Crippen LogP contribution is -2.06. The fraction of sp³-hybridized carbons (Fsp3) is 0.300. The van der Waals surface area contributed by atoms with Crippen LogP contribution in [0.5, 0.6) is 5.75 Å². The van der Waals surface area contributed by atoms with Gasteiger partial charge >= 0.3 is 0 Å². The first kappa shape index (κ1) is 18.8. The number of aromatic nitrogens is 3. The highest BCUT2D eigenvalue weighted by molar-refractivity contribution is 7.99. The fourth-order valence-electron chi connectivity index (χ4n) is 2.81. The molecule has 0 unspecified atom stereocenters. The van der Waals surface area contributed by atoms with Crippen molar-refractivity contribution >= 4 is 23.4 Å². The second kappa shape index (κ2) is 8.14. The average molecular weight is 388 g/mol. The van der Waals surface area contributed by atoms with Crippen LogP contribution in [0.2, 0.25) is 5.02 Å². The Balaban J connectivity index is 2.07. The molecule has 26 heavy (non-hydrogen) atoms. The number of nitrogens with zero attached hydrogens (tertiary/aromatic N) is 3. The normalized spacial score (nSPS) is 11.3. The number of imidazole rings is 1. The predicted octanol–water partition coefficient (Wildman–Crippen LogP) is 5.52. The number of rotatable bonds is 6. The largest absolute Gasteiger partial charge is 0.508 e. The molecule has 0 saturated heterocycles. The van der Waals surface area contributed by atoms with Crippen molar-refractivity contribution in [3.8, 4) is 5.75 Å². The molecule has 0 spiro atoms. The zero-order valence-electron chi connectivity index (χ0n) is 15.1. The fourth-order valence-corrected chi connectivity index (χ4v) is 4.36. The highest BCUT2D eigenvalue weighted by Crippen LogP contribution is 2.37. The van der Waals surface area contributed by atoms with Gasteiger partial charge < -0.3 is 9.67 Å². The van der Waals surface area contributed by atoms with Crippen molar-refractivity contribution in [2.75, 3.05) is 0 Å². The maximum atomic E-state index is 9.88.